The number of aromatic nitrogens is 2. The van der Waals surface area contributed by atoms with E-state index in [9.17, 15) is 8.78 Å². The Hall–Kier alpha value is -2.95. The van der Waals surface area contributed by atoms with E-state index in [1.54, 1.807) is 37.3 Å². The minimum atomic E-state index is -1.18. The predicted octanol–water partition coefficient (Wildman–Crippen LogP) is 5.84. The minimum Gasteiger partial charge on any atom is -0.471 e. The molecular formula is C25H27ClF2N6OS. The zero-order chi connectivity index (χ0) is 25.8. The Kier molecular flexibility index (Phi) is 8.28. The maximum absolute atomic E-state index is 14.8. The Balaban J connectivity index is 1.54. The first-order valence-electron chi connectivity index (χ1n) is 11.5. The van der Waals surface area contributed by atoms with Crippen LogP contribution in [0.15, 0.2) is 47.4 Å². The lowest BCUT2D eigenvalue weighted by Crippen LogP contribution is -2.47. The number of nitrogens with zero attached hydrogens (tertiary/aromatic N) is 3. The number of ether oxygens (including phenoxy) is 1. The predicted molar refractivity (Wildman–Crippen MR) is 141 cm³/mol. The van der Waals surface area contributed by atoms with Crippen molar-refractivity contribution in [3.63, 3.8) is 0 Å². The number of alkyl halides is 1. The lowest BCUT2D eigenvalue weighted by atomic mass is 10.1. The lowest BCUT2D eigenvalue weighted by molar-refractivity contribution is 0.0214. The van der Waals surface area contributed by atoms with E-state index in [0.717, 1.165) is 30.7 Å². The van der Waals surface area contributed by atoms with E-state index < -0.39 is 12.3 Å². The standard InChI is InChI=1S/C25H27ClF2N6OS/c1-3-34-11-10-20(19(28)13-34)35-25-22(14(2)29)23(30)31-24(32-25)15-4-7-17(8-5-15)33-36-21-12-16(26)6-9-18(21)27/h4-9,12,19-20,29,33H,3,10-11,13H2,1-2H3,(H2,30,31,32). The number of nitrogens with one attached hydrogen (secondary N) is 2. The molecule has 2 heterocycles. The molecule has 3 aromatic rings. The van der Waals surface area contributed by atoms with Crippen LogP contribution in [0.1, 0.15) is 25.8 Å². The quantitative estimate of drug-likeness (QED) is 0.247. The van der Waals surface area contributed by atoms with E-state index in [1.165, 1.54) is 12.1 Å². The van der Waals surface area contributed by atoms with Crippen LogP contribution in [0.5, 0.6) is 5.88 Å². The largest absolute Gasteiger partial charge is 0.471 e. The minimum absolute atomic E-state index is 0.0955. The van der Waals surface area contributed by atoms with Crippen molar-refractivity contribution in [1.82, 2.24) is 14.9 Å². The van der Waals surface area contributed by atoms with Gasteiger partial charge in [-0.1, -0.05) is 18.5 Å². The highest BCUT2D eigenvalue weighted by Crippen LogP contribution is 2.31. The Bertz CT molecular complexity index is 1250. The average Bonchev–Trinajstić information content (AvgIpc) is 2.85. The molecule has 1 aliphatic heterocycles. The topological polar surface area (TPSA) is 100 Å². The molecule has 2 aromatic carbocycles. The van der Waals surface area contributed by atoms with Crippen LogP contribution in [0.25, 0.3) is 11.4 Å². The number of rotatable bonds is 8. The molecule has 36 heavy (non-hydrogen) atoms. The van der Waals surface area contributed by atoms with E-state index in [0.29, 0.717) is 34.3 Å². The van der Waals surface area contributed by atoms with Gasteiger partial charge in [0.1, 0.15) is 23.9 Å². The molecule has 1 fully saturated rings. The highest BCUT2D eigenvalue weighted by atomic mass is 35.5. The van der Waals surface area contributed by atoms with Gasteiger partial charge in [-0.25, -0.2) is 13.8 Å². The van der Waals surface area contributed by atoms with Crippen LogP contribution in [0.4, 0.5) is 20.3 Å². The molecule has 4 N–H and O–H groups in total. The second kappa shape index (κ2) is 11.4. The van der Waals surface area contributed by atoms with Crippen molar-refractivity contribution in [2.24, 2.45) is 0 Å². The van der Waals surface area contributed by atoms with Gasteiger partial charge in [0, 0.05) is 35.1 Å². The fraction of sp³-hybridized carbons (Fsp3) is 0.320. The number of anilines is 2. The molecule has 0 spiro atoms. The summed E-state index contributed by atoms with van der Waals surface area (Å²) in [6, 6.07) is 11.5. The Morgan fingerprint density at radius 3 is 2.69 bits per heavy atom. The second-order valence-electron chi connectivity index (χ2n) is 8.45. The summed E-state index contributed by atoms with van der Waals surface area (Å²) in [6.07, 6.45) is -1.34. The van der Waals surface area contributed by atoms with E-state index in [2.05, 4.69) is 14.7 Å². The molecule has 2 atom stereocenters. The first-order chi connectivity index (χ1) is 17.2. The fourth-order valence-corrected chi connectivity index (χ4v) is 4.84. The summed E-state index contributed by atoms with van der Waals surface area (Å²) in [5.74, 6) is 0.131. The van der Waals surface area contributed by atoms with Crippen LogP contribution in [0.3, 0.4) is 0 Å². The highest BCUT2D eigenvalue weighted by molar-refractivity contribution is 8.00. The molecule has 0 bridgehead atoms. The van der Waals surface area contributed by atoms with Crippen LogP contribution in [-0.4, -0.2) is 52.5 Å². The zero-order valence-electron chi connectivity index (χ0n) is 19.9. The molecule has 1 saturated heterocycles. The molecule has 0 radical (unpaired) electrons. The number of hydrogen-bond donors (Lipinski definition) is 3. The van der Waals surface area contributed by atoms with Crippen molar-refractivity contribution >= 4 is 40.8 Å². The number of hydrogen-bond acceptors (Lipinski definition) is 8. The molecule has 7 nitrogen and oxygen atoms in total. The van der Waals surface area contributed by atoms with Gasteiger partial charge in [0.15, 0.2) is 5.82 Å². The van der Waals surface area contributed by atoms with E-state index in [4.69, 9.17) is 27.5 Å². The maximum Gasteiger partial charge on any atom is 0.228 e. The third-order valence-electron chi connectivity index (χ3n) is 5.87. The van der Waals surface area contributed by atoms with Crippen molar-refractivity contribution < 1.29 is 13.5 Å². The molecule has 1 aliphatic rings. The van der Waals surface area contributed by atoms with Gasteiger partial charge in [-0.3, -0.25) is 0 Å². The molecule has 0 amide bonds. The summed E-state index contributed by atoms with van der Waals surface area (Å²) < 4.78 is 37.8. The molecule has 1 aromatic heterocycles. The Labute approximate surface area is 218 Å². The molecule has 0 saturated carbocycles. The van der Waals surface area contributed by atoms with Crippen molar-refractivity contribution in [2.45, 2.75) is 37.4 Å². The summed E-state index contributed by atoms with van der Waals surface area (Å²) in [5.41, 5.74) is 7.96. The normalized spacial score (nSPS) is 18.1. The van der Waals surface area contributed by atoms with Crippen molar-refractivity contribution in [2.75, 3.05) is 30.1 Å². The van der Waals surface area contributed by atoms with Gasteiger partial charge >= 0.3 is 0 Å². The van der Waals surface area contributed by atoms with E-state index in [1.807, 2.05) is 11.8 Å². The van der Waals surface area contributed by atoms with Crippen molar-refractivity contribution in [1.29, 1.82) is 5.41 Å². The second-order valence-corrected chi connectivity index (χ2v) is 9.73. The molecule has 2 unspecified atom stereocenters. The van der Waals surface area contributed by atoms with Crippen LogP contribution >= 0.6 is 23.5 Å². The van der Waals surface area contributed by atoms with Gasteiger partial charge in [-0.15, -0.1) is 0 Å². The maximum atomic E-state index is 14.8. The summed E-state index contributed by atoms with van der Waals surface area (Å²) in [7, 11) is 0. The fourth-order valence-electron chi connectivity index (χ4n) is 3.89. The molecule has 0 aliphatic carbocycles. The zero-order valence-corrected chi connectivity index (χ0v) is 21.5. The first-order valence-corrected chi connectivity index (χ1v) is 12.7. The monoisotopic (exact) mass is 532 g/mol. The third-order valence-corrected chi connectivity index (χ3v) is 6.98. The SMILES string of the molecule is CCN1CCC(Oc2nc(-c3ccc(NSc4cc(Cl)ccc4F)cc3)nc(N)c2C(C)=N)C(F)C1. The van der Waals surface area contributed by atoms with Crippen LogP contribution in [-0.2, 0) is 0 Å². The molecule has 4 rings (SSSR count). The van der Waals surface area contributed by atoms with Crippen LogP contribution in [0, 0.1) is 11.2 Å². The molecule has 11 heteroatoms. The number of halogens is 3. The Morgan fingerprint density at radius 1 is 1.28 bits per heavy atom. The van der Waals surface area contributed by atoms with Crippen molar-refractivity contribution in [3.05, 3.63) is 58.9 Å². The van der Waals surface area contributed by atoms with Crippen LogP contribution < -0.4 is 15.2 Å². The first kappa shape index (κ1) is 26.1. The summed E-state index contributed by atoms with van der Waals surface area (Å²) in [4.78, 5) is 11.3. The Morgan fingerprint density at radius 2 is 2.03 bits per heavy atom. The van der Waals surface area contributed by atoms with Gasteiger partial charge in [0.25, 0.3) is 0 Å². The number of likely N-dealkylation sites (tertiary alicyclic amines) is 1. The number of nitrogen functional groups attached to an aromatic ring is 1. The molecule has 190 valence electrons. The van der Waals surface area contributed by atoms with Crippen molar-refractivity contribution in [3.8, 4) is 17.3 Å². The average molecular weight is 533 g/mol. The number of benzene rings is 2. The summed E-state index contributed by atoms with van der Waals surface area (Å²) >= 11 is 7.05. The summed E-state index contributed by atoms with van der Waals surface area (Å²) in [5, 5.41) is 8.55. The van der Waals surface area contributed by atoms with Gasteiger partial charge in [-0.2, -0.15) is 4.98 Å². The lowest BCUT2D eigenvalue weighted by Gasteiger charge is -2.34. The van der Waals surface area contributed by atoms with E-state index >= 15 is 0 Å². The highest BCUT2D eigenvalue weighted by Gasteiger charge is 2.32. The number of piperidine rings is 1. The molecular weight excluding hydrogens is 506 g/mol. The third kappa shape index (κ3) is 6.05. The summed E-state index contributed by atoms with van der Waals surface area (Å²) in [6.45, 7) is 5.35. The van der Waals surface area contributed by atoms with Gasteiger partial charge in [0.05, 0.1) is 10.5 Å². The van der Waals surface area contributed by atoms with Gasteiger partial charge < -0.3 is 25.5 Å². The smallest absolute Gasteiger partial charge is 0.228 e. The van der Waals surface area contributed by atoms with E-state index in [-0.39, 0.29) is 28.8 Å². The number of nitrogens with two attached hydrogens (primary N) is 1. The van der Waals surface area contributed by atoms with Gasteiger partial charge in [-0.05, 0) is 74.3 Å². The van der Waals surface area contributed by atoms with Gasteiger partial charge in [0.2, 0.25) is 5.88 Å². The van der Waals surface area contributed by atoms with Crippen LogP contribution in [0.2, 0.25) is 5.02 Å².